The van der Waals surface area contributed by atoms with Crippen molar-refractivity contribution < 1.29 is 18.8 Å². The number of amides is 3. The summed E-state index contributed by atoms with van der Waals surface area (Å²) in [4.78, 5) is 47.0. The fourth-order valence-electron chi connectivity index (χ4n) is 7.05. The molecule has 0 aromatic heterocycles. The molecule has 2 saturated heterocycles. The van der Waals surface area contributed by atoms with Gasteiger partial charge in [-0.2, -0.15) is 0 Å². The van der Waals surface area contributed by atoms with Crippen molar-refractivity contribution >= 4 is 51.2 Å². The van der Waals surface area contributed by atoms with E-state index in [1.165, 1.54) is 6.07 Å². The third-order valence-electron chi connectivity index (χ3n) is 9.49. The minimum absolute atomic E-state index is 0.205. The summed E-state index contributed by atoms with van der Waals surface area (Å²) in [5, 5.41) is 4.22. The third kappa shape index (κ3) is 5.06. The number of nitrogens with one attached hydrogen (secondary N) is 1. The summed E-state index contributed by atoms with van der Waals surface area (Å²) >= 11 is 0. The van der Waals surface area contributed by atoms with E-state index in [-0.39, 0.29) is 24.1 Å². The van der Waals surface area contributed by atoms with Crippen LogP contribution < -0.4 is 20.0 Å². The van der Waals surface area contributed by atoms with E-state index in [2.05, 4.69) is 51.3 Å². The zero-order chi connectivity index (χ0) is 31.2. The Morgan fingerprint density at radius 3 is 2.42 bits per heavy atom. The maximum Gasteiger partial charge on any atom is 0.259 e. The molecular formula is C36H32FN5O3. The van der Waals surface area contributed by atoms with Gasteiger partial charge in [-0.1, -0.05) is 36.4 Å². The minimum atomic E-state index is -0.702. The smallest absolute Gasteiger partial charge is 0.259 e. The first-order valence-corrected chi connectivity index (χ1v) is 15.3. The van der Waals surface area contributed by atoms with E-state index in [1.807, 2.05) is 24.3 Å². The maximum absolute atomic E-state index is 14.6. The number of nitrogens with zero attached hydrogens (tertiary/aromatic N) is 4. The fraction of sp³-hybridized carbons (Fsp3) is 0.278. The second-order valence-corrected chi connectivity index (χ2v) is 12.0. The highest BCUT2D eigenvalue weighted by Gasteiger charge is 2.40. The zero-order valence-corrected chi connectivity index (χ0v) is 24.9. The number of benzene rings is 4. The molecule has 0 aliphatic carbocycles. The lowest BCUT2D eigenvalue weighted by Crippen LogP contribution is -2.53. The molecule has 1 N–H and O–H groups in total. The summed E-state index contributed by atoms with van der Waals surface area (Å²) < 4.78 is 14.6. The Bertz CT molecular complexity index is 1890. The summed E-state index contributed by atoms with van der Waals surface area (Å²) in [6, 6.07) is 22.5. The molecule has 1 atom stereocenters. The van der Waals surface area contributed by atoms with E-state index >= 15 is 0 Å². The van der Waals surface area contributed by atoms with Crippen LogP contribution in [0.4, 0.5) is 27.1 Å². The van der Waals surface area contributed by atoms with Gasteiger partial charge < -0.3 is 9.80 Å². The quantitative estimate of drug-likeness (QED) is 0.217. The molecule has 226 valence electrons. The first-order valence-electron chi connectivity index (χ1n) is 15.3. The Morgan fingerprint density at radius 2 is 1.71 bits per heavy atom. The lowest BCUT2D eigenvalue weighted by atomic mass is 9.95. The summed E-state index contributed by atoms with van der Waals surface area (Å²) in [6.07, 6.45) is 3.01. The zero-order valence-electron chi connectivity index (χ0n) is 24.9. The van der Waals surface area contributed by atoms with Crippen LogP contribution in [0.1, 0.15) is 47.2 Å². The predicted molar refractivity (Wildman–Crippen MR) is 172 cm³/mol. The van der Waals surface area contributed by atoms with Gasteiger partial charge in [0.1, 0.15) is 11.9 Å². The number of hydrogen-bond donors (Lipinski definition) is 1. The van der Waals surface area contributed by atoms with Crippen LogP contribution >= 0.6 is 0 Å². The number of anilines is 3. The van der Waals surface area contributed by atoms with Gasteiger partial charge in [-0.25, -0.2) is 9.24 Å². The van der Waals surface area contributed by atoms with Crippen molar-refractivity contribution in [2.45, 2.75) is 44.2 Å². The summed E-state index contributed by atoms with van der Waals surface area (Å²) in [7, 11) is 2.11. The number of imide groups is 1. The van der Waals surface area contributed by atoms with Crippen molar-refractivity contribution in [2.24, 2.45) is 0 Å². The Hall–Kier alpha value is -5.23. The standard InChI is InChI=1S/C36H32FN5O3/c1-38-24-9-13-30(29(37)21-24)41-18-16-26(17-19-41)40(2)25-10-6-22(7-11-25)20-23-8-12-31-34-27(23)4-3-5-28(34)36(45)42(31)32-14-15-33(43)39-35(32)44/h3-13,21,26,32H,14-20H2,2H3,(H,39,43,44). The van der Waals surface area contributed by atoms with Crippen molar-refractivity contribution in [3.63, 3.8) is 0 Å². The summed E-state index contributed by atoms with van der Waals surface area (Å²) in [5.74, 6) is -1.28. The average molecular weight is 602 g/mol. The number of carbonyl (C=O) groups is 3. The van der Waals surface area contributed by atoms with Crippen molar-refractivity contribution in [1.29, 1.82) is 0 Å². The molecule has 2 fully saturated rings. The Morgan fingerprint density at radius 1 is 0.956 bits per heavy atom. The molecular weight excluding hydrogens is 569 g/mol. The first-order chi connectivity index (χ1) is 21.8. The van der Waals surface area contributed by atoms with Crippen LogP contribution in [0.2, 0.25) is 0 Å². The van der Waals surface area contributed by atoms with Crippen LogP contribution in [0.3, 0.4) is 0 Å². The van der Waals surface area contributed by atoms with Gasteiger partial charge in [0.2, 0.25) is 11.8 Å². The molecule has 0 bridgehead atoms. The first kappa shape index (κ1) is 28.5. The normalized spacial score (nSPS) is 18.3. The number of halogens is 1. The number of hydrogen-bond acceptors (Lipinski definition) is 5. The number of carbonyl (C=O) groups excluding carboxylic acids is 3. The third-order valence-corrected chi connectivity index (χ3v) is 9.49. The van der Waals surface area contributed by atoms with Gasteiger partial charge in [-0.15, -0.1) is 0 Å². The van der Waals surface area contributed by atoms with Crippen LogP contribution in [-0.2, 0) is 16.0 Å². The Labute approximate surface area is 260 Å². The van der Waals surface area contributed by atoms with Gasteiger partial charge in [0, 0.05) is 49.2 Å². The summed E-state index contributed by atoms with van der Waals surface area (Å²) in [6.45, 7) is 8.58. The van der Waals surface area contributed by atoms with Crippen molar-refractivity contribution in [2.75, 3.05) is 34.8 Å². The van der Waals surface area contributed by atoms with Crippen molar-refractivity contribution in [3.8, 4) is 0 Å². The monoisotopic (exact) mass is 601 g/mol. The SMILES string of the molecule is [C-]#[N+]c1ccc(N2CCC(N(C)c3ccc(Cc4ccc5c6c(cccc46)C(=O)N5C4CCC(=O)NC4=O)cc3)CC2)c(F)c1. The fourth-order valence-corrected chi connectivity index (χ4v) is 7.05. The second-order valence-electron chi connectivity index (χ2n) is 12.0. The van der Waals surface area contributed by atoms with Crippen LogP contribution in [-0.4, -0.2) is 49.9 Å². The largest absolute Gasteiger partial charge is 0.371 e. The molecule has 9 heteroatoms. The topological polar surface area (TPSA) is 77.3 Å². The van der Waals surface area contributed by atoms with Gasteiger partial charge in [0.15, 0.2) is 5.69 Å². The minimum Gasteiger partial charge on any atom is -0.371 e. The average Bonchev–Trinajstić information content (AvgIpc) is 3.34. The molecule has 3 aliphatic heterocycles. The Balaban J connectivity index is 1.05. The van der Waals surface area contributed by atoms with Gasteiger partial charge in [-0.3, -0.25) is 24.6 Å². The maximum atomic E-state index is 14.6. The molecule has 0 radical (unpaired) electrons. The van der Waals surface area contributed by atoms with E-state index in [0.717, 1.165) is 59.2 Å². The van der Waals surface area contributed by atoms with Gasteiger partial charge in [0.05, 0.1) is 17.9 Å². The van der Waals surface area contributed by atoms with E-state index < -0.39 is 11.9 Å². The van der Waals surface area contributed by atoms with E-state index in [4.69, 9.17) is 6.57 Å². The number of piperidine rings is 2. The van der Waals surface area contributed by atoms with E-state index in [1.54, 1.807) is 23.1 Å². The lowest BCUT2D eigenvalue weighted by molar-refractivity contribution is -0.134. The van der Waals surface area contributed by atoms with Gasteiger partial charge in [0.25, 0.3) is 5.91 Å². The molecule has 3 aliphatic rings. The number of rotatable bonds is 6. The van der Waals surface area contributed by atoms with Gasteiger partial charge in [-0.05, 0) is 78.6 Å². The summed E-state index contributed by atoms with van der Waals surface area (Å²) in [5.41, 5.74) is 5.54. The van der Waals surface area contributed by atoms with Crippen LogP contribution in [0.25, 0.3) is 15.6 Å². The van der Waals surface area contributed by atoms with Crippen LogP contribution in [0.5, 0.6) is 0 Å². The molecule has 1 unspecified atom stereocenters. The van der Waals surface area contributed by atoms with E-state index in [0.29, 0.717) is 35.8 Å². The van der Waals surface area contributed by atoms with Crippen molar-refractivity contribution in [3.05, 3.63) is 107 Å². The highest BCUT2D eigenvalue weighted by Crippen LogP contribution is 2.41. The molecule has 0 spiro atoms. The van der Waals surface area contributed by atoms with E-state index in [9.17, 15) is 18.8 Å². The highest BCUT2D eigenvalue weighted by molar-refractivity contribution is 6.27. The van der Waals surface area contributed by atoms with Gasteiger partial charge >= 0.3 is 0 Å². The molecule has 3 heterocycles. The van der Waals surface area contributed by atoms with Crippen molar-refractivity contribution in [1.82, 2.24) is 5.32 Å². The molecule has 0 saturated carbocycles. The van der Waals surface area contributed by atoms with Crippen LogP contribution in [0, 0.1) is 12.4 Å². The molecule has 45 heavy (non-hydrogen) atoms. The molecule has 8 nitrogen and oxygen atoms in total. The lowest BCUT2D eigenvalue weighted by Gasteiger charge is -2.39. The second kappa shape index (κ2) is 11.4. The van der Waals surface area contributed by atoms with Crippen LogP contribution in [0.15, 0.2) is 72.8 Å². The Kier molecular flexibility index (Phi) is 7.20. The predicted octanol–water partition coefficient (Wildman–Crippen LogP) is 5.99. The molecule has 3 amide bonds. The molecule has 7 rings (SSSR count). The molecule has 4 aromatic rings. The highest BCUT2D eigenvalue weighted by atomic mass is 19.1. The molecule has 4 aromatic carbocycles.